The highest BCUT2D eigenvalue weighted by molar-refractivity contribution is 6.31. The first-order valence-corrected chi connectivity index (χ1v) is 35.6. The predicted molar refractivity (Wildman–Crippen MR) is 433 cm³/mol. The molecule has 0 unspecified atom stereocenters. The van der Waals surface area contributed by atoms with Gasteiger partial charge in [-0.1, -0.05) is 182 Å². The van der Waals surface area contributed by atoms with Crippen molar-refractivity contribution in [2.45, 2.75) is 0 Å². The van der Waals surface area contributed by atoms with Gasteiger partial charge in [0.15, 0.2) is 0 Å². The fraction of sp³-hybridized carbons (Fsp3) is 0. The number of furan rings is 2. The minimum absolute atomic E-state index is 0.857. The fourth-order valence-electron chi connectivity index (χ4n) is 17.8. The maximum Gasteiger partial charge on any atom is 0.137 e. The lowest BCUT2D eigenvalue weighted by Gasteiger charge is -2.12. The van der Waals surface area contributed by atoms with Gasteiger partial charge in [-0.3, -0.25) is 0 Å². The minimum Gasteiger partial charge on any atom is -0.456 e. The van der Waals surface area contributed by atoms with E-state index in [0.717, 1.165) is 66.6 Å². The van der Waals surface area contributed by atoms with Crippen molar-refractivity contribution in [1.82, 2.24) is 27.4 Å². The van der Waals surface area contributed by atoms with Crippen molar-refractivity contribution in [3.8, 4) is 34.1 Å². The first kappa shape index (κ1) is 56.8. The first-order valence-electron chi connectivity index (χ1n) is 35.6. The van der Waals surface area contributed by atoms with E-state index in [1.165, 1.54) is 142 Å². The summed E-state index contributed by atoms with van der Waals surface area (Å²) in [7, 11) is 0. The third-order valence-corrected chi connectivity index (χ3v) is 22.1. The molecule has 8 aromatic heterocycles. The van der Waals surface area contributed by atoms with Crippen molar-refractivity contribution in [2.24, 2.45) is 0 Å². The number of fused-ring (bicyclic) bond motifs is 27. The highest BCUT2D eigenvalue weighted by atomic mass is 16.3. The lowest BCUT2D eigenvalue weighted by atomic mass is 10.0. The van der Waals surface area contributed by atoms with Gasteiger partial charge in [-0.2, -0.15) is 0 Å². The van der Waals surface area contributed by atoms with Gasteiger partial charge in [0.1, 0.15) is 22.3 Å². The average molecular weight is 1330 g/mol. The maximum atomic E-state index is 6.56. The topological polar surface area (TPSA) is 55.9 Å². The molecule has 0 amide bonds. The van der Waals surface area contributed by atoms with Crippen LogP contribution in [0.15, 0.2) is 361 Å². The van der Waals surface area contributed by atoms with Gasteiger partial charge < -0.3 is 36.2 Å². The van der Waals surface area contributed by atoms with Gasteiger partial charge in [-0.05, 0) is 158 Å². The summed E-state index contributed by atoms with van der Waals surface area (Å²) in [6.45, 7) is 0. The molecule has 484 valence electrons. The Morgan fingerprint density at radius 3 is 0.644 bits per heavy atom. The van der Waals surface area contributed by atoms with E-state index in [-0.39, 0.29) is 0 Å². The molecule has 0 fully saturated rings. The third kappa shape index (κ3) is 7.96. The van der Waals surface area contributed by atoms with E-state index < -0.39 is 0 Å². The second-order valence-corrected chi connectivity index (χ2v) is 27.4. The van der Waals surface area contributed by atoms with Crippen molar-refractivity contribution >= 4 is 175 Å². The molecular weight excluding hydrogens is 1270 g/mol. The lowest BCUT2D eigenvalue weighted by Crippen LogP contribution is -1.97. The van der Waals surface area contributed by atoms with E-state index in [4.69, 9.17) is 8.83 Å². The van der Waals surface area contributed by atoms with E-state index in [1.54, 1.807) is 0 Å². The van der Waals surface area contributed by atoms with E-state index >= 15 is 0 Å². The van der Waals surface area contributed by atoms with Crippen LogP contribution < -0.4 is 0 Å². The molecule has 8 heteroatoms. The van der Waals surface area contributed by atoms with Gasteiger partial charge in [0, 0.05) is 132 Å². The van der Waals surface area contributed by atoms with Crippen molar-refractivity contribution in [1.29, 1.82) is 0 Å². The van der Waals surface area contributed by atoms with E-state index in [2.05, 4.69) is 367 Å². The van der Waals surface area contributed by atoms with Crippen LogP contribution in [0.4, 0.5) is 0 Å². The van der Waals surface area contributed by atoms with Crippen molar-refractivity contribution in [3.05, 3.63) is 352 Å². The van der Waals surface area contributed by atoms with Gasteiger partial charge in [0.25, 0.3) is 0 Å². The number of benzene rings is 16. The number of hydrogen-bond acceptors (Lipinski definition) is 2. The number of hydrogen-bond donors (Lipinski definition) is 0. The molecule has 0 saturated heterocycles. The van der Waals surface area contributed by atoms with Crippen LogP contribution in [-0.2, 0) is 0 Å². The summed E-state index contributed by atoms with van der Waals surface area (Å²) in [5.41, 5.74) is 24.6. The van der Waals surface area contributed by atoms with Gasteiger partial charge in [-0.25, -0.2) is 0 Å². The summed E-state index contributed by atoms with van der Waals surface area (Å²) in [5, 5.41) is 19.5. The summed E-state index contributed by atoms with van der Waals surface area (Å²) < 4.78 is 27.5. The van der Waals surface area contributed by atoms with Crippen LogP contribution in [0.3, 0.4) is 0 Å². The highest BCUT2D eigenvalue weighted by Gasteiger charge is 2.25. The number of aromatic nitrogens is 6. The Labute approximate surface area is 593 Å². The molecule has 0 spiro atoms. The Bertz CT molecular complexity index is 7160. The number of rotatable bonds is 6. The summed E-state index contributed by atoms with van der Waals surface area (Å²) in [5.74, 6) is 0. The minimum atomic E-state index is 0.857. The molecule has 24 aromatic rings. The number of nitrogens with zero attached hydrogens (tertiary/aromatic N) is 6. The van der Waals surface area contributed by atoms with Gasteiger partial charge in [0.2, 0.25) is 0 Å². The number of para-hydroxylation sites is 10. The highest BCUT2D eigenvalue weighted by Crippen LogP contribution is 2.47. The largest absolute Gasteiger partial charge is 0.456 e. The van der Waals surface area contributed by atoms with Crippen molar-refractivity contribution in [3.63, 3.8) is 0 Å². The van der Waals surface area contributed by atoms with E-state index in [9.17, 15) is 0 Å². The molecule has 0 N–H and O–H groups in total. The smallest absolute Gasteiger partial charge is 0.137 e. The molecule has 8 nitrogen and oxygen atoms in total. The van der Waals surface area contributed by atoms with Crippen LogP contribution in [0.25, 0.3) is 209 Å². The molecule has 0 bridgehead atoms. The fourth-order valence-corrected chi connectivity index (χ4v) is 17.8. The van der Waals surface area contributed by atoms with Crippen LogP contribution >= 0.6 is 0 Å². The molecule has 24 rings (SSSR count). The van der Waals surface area contributed by atoms with Crippen LogP contribution in [-0.4, -0.2) is 27.4 Å². The van der Waals surface area contributed by atoms with Gasteiger partial charge >= 0.3 is 0 Å². The lowest BCUT2D eigenvalue weighted by molar-refractivity contribution is 0.662. The monoisotopic (exact) mass is 1330 g/mol. The van der Waals surface area contributed by atoms with Gasteiger partial charge in [0.05, 0.1) is 66.2 Å². The van der Waals surface area contributed by atoms with Crippen LogP contribution in [0.2, 0.25) is 0 Å². The molecular formula is C96H58N6O2. The van der Waals surface area contributed by atoms with E-state index in [1.807, 2.05) is 12.1 Å². The molecule has 0 atom stereocenters. The summed E-state index contributed by atoms with van der Waals surface area (Å²) in [4.78, 5) is 0. The van der Waals surface area contributed by atoms with Crippen LogP contribution in [0.5, 0.6) is 0 Å². The Balaban J connectivity index is 0.000000131. The second kappa shape index (κ2) is 21.7. The summed E-state index contributed by atoms with van der Waals surface area (Å²) in [6, 6.07) is 127. The summed E-state index contributed by atoms with van der Waals surface area (Å²) >= 11 is 0. The molecule has 104 heavy (non-hydrogen) atoms. The normalized spacial score (nSPS) is 12.2. The second-order valence-electron chi connectivity index (χ2n) is 27.4. The summed E-state index contributed by atoms with van der Waals surface area (Å²) in [6.07, 6.45) is 0. The SMILES string of the molecule is c1ccc(-n2c3ccccc3c3c4c5ccccc5n(-c5ccc(-n6c7ccccc7c7c8c9ccccc9n(-c9ccccc9)c8ccc76)cc5)c4ccc32)cc1.c1ccc2c(c1)c1ccccc1n2-c1ccc2c(c1)oc1ccc3oc4cc(-n5c6ccccc6c6ccccc65)ccc4c3c12. The molecule has 0 aliphatic heterocycles. The standard InChI is InChI=1S/C54H34N4.C42H24N2O2/c1-3-15-35(16-4-1)55-43-23-11-7-19-39(43)51-47(55)31-33-49-53(51)41-21-9-13-25-45(41)57(49)37-27-29-38(30-28-37)58-46-26-14-10-22-42(46)54-50(58)34-32-48-52(54)40-20-8-12-24-44(40)56(48)36-17-5-2-6-18-36;1-5-13-33-27(9-1)28-10-2-6-14-34(28)43(33)25-17-19-31-39(23-25)45-37-21-22-38-42(41(31)37)32-20-18-26(24-40(32)46-38)44-35-15-7-3-11-29(35)30-12-4-8-16-36(30)44/h1-34H;1-24H. The molecule has 0 radical (unpaired) electrons. The zero-order valence-electron chi connectivity index (χ0n) is 56.0. The molecule has 16 aromatic carbocycles. The molecule has 8 heterocycles. The Hall–Kier alpha value is -14.1. The third-order valence-electron chi connectivity index (χ3n) is 22.1. The van der Waals surface area contributed by atoms with Crippen molar-refractivity contribution in [2.75, 3.05) is 0 Å². The Kier molecular flexibility index (Phi) is 11.9. The molecule has 0 aliphatic carbocycles. The van der Waals surface area contributed by atoms with Crippen molar-refractivity contribution < 1.29 is 8.83 Å². The maximum absolute atomic E-state index is 6.56. The first-order chi connectivity index (χ1) is 51.6. The zero-order valence-corrected chi connectivity index (χ0v) is 56.0. The van der Waals surface area contributed by atoms with E-state index in [0.29, 0.717) is 0 Å². The molecule has 0 aliphatic rings. The van der Waals surface area contributed by atoms with Crippen LogP contribution in [0.1, 0.15) is 0 Å². The molecule has 0 saturated carbocycles. The average Bonchev–Trinajstić information content (AvgIpc) is 1.55. The van der Waals surface area contributed by atoms with Crippen LogP contribution in [0, 0.1) is 0 Å². The zero-order chi connectivity index (χ0) is 67.8. The quantitative estimate of drug-likeness (QED) is 0.167. The Morgan fingerprint density at radius 1 is 0.135 bits per heavy atom. The Morgan fingerprint density at radius 2 is 0.356 bits per heavy atom. The van der Waals surface area contributed by atoms with Gasteiger partial charge in [-0.15, -0.1) is 0 Å². The predicted octanol–water partition coefficient (Wildman–Crippen LogP) is 25.8.